The summed E-state index contributed by atoms with van der Waals surface area (Å²) in [6.07, 6.45) is 1.42. The van der Waals surface area contributed by atoms with Gasteiger partial charge in [-0.15, -0.1) is 12.4 Å². The molecule has 0 atom stereocenters. The normalized spacial score (nSPS) is 13.2. The van der Waals surface area contributed by atoms with E-state index in [9.17, 15) is 9.59 Å². The number of fused-ring (bicyclic) bond motifs is 10. The summed E-state index contributed by atoms with van der Waals surface area (Å²) in [6.45, 7) is 1.49. The molecule has 3 N–H and O–H groups in total. The Labute approximate surface area is 225 Å². The van der Waals surface area contributed by atoms with Gasteiger partial charge in [0.1, 0.15) is 0 Å². The number of carbonyl (C=O) groups excluding carboxylic acids is 2. The van der Waals surface area contributed by atoms with Crippen molar-refractivity contribution in [2.24, 2.45) is 5.73 Å². The molecular formula is C31H27ClN4O2. The van der Waals surface area contributed by atoms with Crippen LogP contribution in [0.4, 0.5) is 0 Å². The van der Waals surface area contributed by atoms with E-state index < -0.39 is 0 Å². The fourth-order valence-electron chi connectivity index (χ4n) is 6.01. The first kappa shape index (κ1) is 24.2. The lowest BCUT2D eigenvalue weighted by Crippen LogP contribution is -2.31. The van der Waals surface area contributed by atoms with Gasteiger partial charge in [-0.1, -0.05) is 66.7 Å². The largest absolute Gasteiger partial charge is 0.353 e. The minimum absolute atomic E-state index is 0. The molecule has 1 aliphatic heterocycles. The molecule has 0 fully saturated rings. The molecule has 0 spiro atoms. The number of imide groups is 1. The van der Waals surface area contributed by atoms with E-state index in [0.29, 0.717) is 30.6 Å². The van der Waals surface area contributed by atoms with Crippen LogP contribution in [0.15, 0.2) is 78.9 Å². The van der Waals surface area contributed by atoms with Gasteiger partial charge in [-0.3, -0.25) is 14.5 Å². The number of aryl methyl sites for hydroxylation is 2. The van der Waals surface area contributed by atoms with Crippen LogP contribution in [0.5, 0.6) is 0 Å². The Hall–Kier alpha value is -4.13. The van der Waals surface area contributed by atoms with Crippen LogP contribution in [0.25, 0.3) is 43.6 Å². The summed E-state index contributed by atoms with van der Waals surface area (Å²) in [6, 6.07) is 26.6. The highest BCUT2D eigenvalue weighted by molar-refractivity contribution is 6.39. The topological polar surface area (TPSA) is 84.1 Å². The number of nitrogens with two attached hydrogens (primary N) is 1. The molecule has 7 rings (SSSR count). The van der Waals surface area contributed by atoms with Crippen molar-refractivity contribution in [2.45, 2.75) is 19.4 Å². The SMILES string of the molecule is Cl.NCCCN1C(=O)c2c(c3c4ccccc4n(CCc4ccccc4)c3c3[nH]c4ccccc4c23)C1=O. The van der Waals surface area contributed by atoms with Gasteiger partial charge >= 0.3 is 0 Å². The maximum Gasteiger partial charge on any atom is 0.262 e. The lowest BCUT2D eigenvalue weighted by molar-refractivity contribution is 0.0655. The first-order chi connectivity index (χ1) is 18.2. The Morgan fingerprint density at radius 1 is 0.737 bits per heavy atom. The van der Waals surface area contributed by atoms with E-state index >= 15 is 0 Å². The smallest absolute Gasteiger partial charge is 0.262 e. The lowest BCUT2D eigenvalue weighted by Gasteiger charge is -2.12. The number of H-pyrrole nitrogens is 1. The van der Waals surface area contributed by atoms with Crippen molar-refractivity contribution in [2.75, 3.05) is 13.1 Å². The Morgan fingerprint density at radius 2 is 1.39 bits per heavy atom. The van der Waals surface area contributed by atoms with Gasteiger partial charge in [0.15, 0.2) is 0 Å². The van der Waals surface area contributed by atoms with E-state index in [1.54, 1.807) is 0 Å². The molecule has 2 amide bonds. The molecular weight excluding hydrogens is 496 g/mol. The minimum atomic E-state index is -0.230. The van der Waals surface area contributed by atoms with Gasteiger partial charge in [0.05, 0.1) is 22.2 Å². The Balaban J connectivity index is 0.00000264. The van der Waals surface area contributed by atoms with E-state index in [1.807, 2.05) is 42.5 Å². The number of rotatable bonds is 6. The molecule has 7 heteroatoms. The van der Waals surface area contributed by atoms with E-state index in [1.165, 1.54) is 10.5 Å². The van der Waals surface area contributed by atoms with Crippen LogP contribution in [0, 0.1) is 0 Å². The molecule has 0 bridgehead atoms. The number of nitrogens with one attached hydrogen (secondary N) is 1. The zero-order valence-electron chi connectivity index (χ0n) is 20.7. The van der Waals surface area contributed by atoms with E-state index in [-0.39, 0.29) is 24.2 Å². The second kappa shape index (κ2) is 9.31. The fourth-order valence-corrected chi connectivity index (χ4v) is 6.01. The molecule has 2 aromatic heterocycles. The highest BCUT2D eigenvalue weighted by Gasteiger charge is 2.41. The minimum Gasteiger partial charge on any atom is -0.353 e. The summed E-state index contributed by atoms with van der Waals surface area (Å²) in [7, 11) is 0. The van der Waals surface area contributed by atoms with Gasteiger partial charge in [-0.25, -0.2) is 0 Å². The molecule has 6 nitrogen and oxygen atoms in total. The Bertz CT molecular complexity index is 1870. The zero-order valence-corrected chi connectivity index (χ0v) is 21.6. The standard InChI is InChI=1S/C31H26N4O2.ClH/c32-16-8-17-35-30(36)26-24-20-11-4-6-13-22(20)33-28(24)29-25(27(26)31(35)37)21-12-5-7-14-23(21)34(29)18-15-19-9-2-1-3-10-19;/h1-7,9-14,33H,8,15-18,32H2;1H. The number of amides is 2. The number of carbonyl (C=O) groups is 2. The second-order valence-corrected chi connectivity index (χ2v) is 9.70. The van der Waals surface area contributed by atoms with Gasteiger partial charge in [0, 0.05) is 45.7 Å². The molecule has 38 heavy (non-hydrogen) atoms. The van der Waals surface area contributed by atoms with E-state index in [2.05, 4.69) is 45.9 Å². The highest BCUT2D eigenvalue weighted by atomic mass is 35.5. The maximum absolute atomic E-state index is 13.9. The van der Waals surface area contributed by atoms with Crippen molar-refractivity contribution in [3.8, 4) is 0 Å². The summed E-state index contributed by atoms with van der Waals surface area (Å²) in [5.41, 5.74) is 11.9. The number of halogens is 1. The van der Waals surface area contributed by atoms with E-state index in [0.717, 1.165) is 56.6 Å². The highest BCUT2D eigenvalue weighted by Crippen LogP contribution is 2.45. The third kappa shape index (κ3) is 3.37. The van der Waals surface area contributed by atoms with Crippen LogP contribution in [-0.2, 0) is 13.0 Å². The second-order valence-electron chi connectivity index (χ2n) is 9.70. The van der Waals surface area contributed by atoms with Gasteiger partial charge in [-0.05, 0) is 37.1 Å². The summed E-state index contributed by atoms with van der Waals surface area (Å²) in [5.74, 6) is -0.456. The van der Waals surface area contributed by atoms with Crippen LogP contribution in [0.3, 0.4) is 0 Å². The first-order valence-corrected chi connectivity index (χ1v) is 12.8. The predicted octanol–water partition coefficient (Wildman–Crippen LogP) is 6.04. The average molecular weight is 523 g/mol. The van der Waals surface area contributed by atoms with Gasteiger partial charge in [0.25, 0.3) is 11.8 Å². The van der Waals surface area contributed by atoms with Crippen molar-refractivity contribution in [1.82, 2.24) is 14.5 Å². The number of para-hydroxylation sites is 2. The molecule has 0 aliphatic carbocycles. The van der Waals surface area contributed by atoms with Crippen molar-refractivity contribution < 1.29 is 9.59 Å². The number of aromatic nitrogens is 2. The van der Waals surface area contributed by atoms with Crippen LogP contribution in [-0.4, -0.2) is 39.4 Å². The summed E-state index contributed by atoms with van der Waals surface area (Å²) >= 11 is 0. The molecule has 190 valence electrons. The number of hydrogen-bond acceptors (Lipinski definition) is 3. The first-order valence-electron chi connectivity index (χ1n) is 12.8. The summed E-state index contributed by atoms with van der Waals surface area (Å²) in [5, 5.41) is 3.63. The molecule has 3 heterocycles. The zero-order chi connectivity index (χ0) is 25.1. The van der Waals surface area contributed by atoms with Gasteiger partial charge < -0.3 is 15.3 Å². The third-order valence-electron chi connectivity index (χ3n) is 7.63. The van der Waals surface area contributed by atoms with Crippen molar-refractivity contribution in [1.29, 1.82) is 0 Å². The van der Waals surface area contributed by atoms with Gasteiger partial charge in [0.2, 0.25) is 0 Å². The van der Waals surface area contributed by atoms with Crippen LogP contribution in [0.2, 0.25) is 0 Å². The molecule has 0 saturated heterocycles. The summed E-state index contributed by atoms with van der Waals surface area (Å²) in [4.78, 5) is 32.7. The van der Waals surface area contributed by atoms with Crippen molar-refractivity contribution in [3.05, 3.63) is 95.6 Å². The third-order valence-corrected chi connectivity index (χ3v) is 7.63. The van der Waals surface area contributed by atoms with Crippen molar-refractivity contribution >= 4 is 67.8 Å². The number of aromatic amines is 1. The average Bonchev–Trinajstić information content (AvgIpc) is 3.55. The Kier molecular flexibility index (Phi) is 5.94. The molecule has 0 radical (unpaired) electrons. The molecule has 1 aliphatic rings. The number of hydrogen-bond donors (Lipinski definition) is 2. The molecule has 6 aromatic rings. The lowest BCUT2D eigenvalue weighted by atomic mass is 9.97. The molecule has 0 unspecified atom stereocenters. The number of nitrogens with zero attached hydrogens (tertiary/aromatic N) is 2. The van der Waals surface area contributed by atoms with Gasteiger partial charge in [-0.2, -0.15) is 0 Å². The van der Waals surface area contributed by atoms with E-state index in [4.69, 9.17) is 5.73 Å². The van der Waals surface area contributed by atoms with Crippen LogP contribution >= 0.6 is 12.4 Å². The molecule has 4 aromatic carbocycles. The van der Waals surface area contributed by atoms with Crippen LogP contribution in [0.1, 0.15) is 32.7 Å². The summed E-state index contributed by atoms with van der Waals surface area (Å²) < 4.78 is 2.32. The van der Waals surface area contributed by atoms with Crippen LogP contribution < -0.4 is 5.73 Å². The quantitative estimate of drug-likeness (QED) is 0.262. The maximum atomic E-state index is 13.9. The Morgan fingerprint density at radius 3 is 2.16 bits per heavy atom. The monoisotopic (exact) mass is 522 g/mol. The van der Waals surface area contributed by atoms with Crippen molar-refractivity contribution in [3.63, 3.8) is 0 Å². The number of benzene rings is 4. The predicted molar refractivity (Wildman–Crippen MR) is 155 cm³/mol. The fraction of sp³-hybridized carbons (Fsp3) is 0.161. The molecule has 0 saturated carbocycles.